The van der Waals surface area contributed by atoms with Crippen LogP contribution in [0.5, 0.6) is 0 Å². The molecule has 1 aliphatic heterocycles. The van der Waals surface area contributed by atoms with E-state index in [2.05, 4.69) is 45.1 Å². The number of benzene rings is 2. The molecule has 3 nitrogen and oxygen atoms in total. The molecule has 1 aromatic heterocycles. The van der Waals surface area contributed by atoms with Crippen LogP contribution in [0.3, 0.4) is 0 Å². The van der Waals surface area contributed by atoms with Crippen LogP contribution in [0, 0.1) is 11.7 Å². The SMILES string of the molecule is Fc1cc(CCc2ccc(N3CCN(CC4CC4)CC3)cc2)cc(-c2ccncc2)c1. The van der Waals surface area contributed by atoms with Crippen molar-refractivity contribution >= 4 is 5.69 Å². The second-order valence-electron chi connectivity index (χ2n) is 8.98. The molecule has 5 rings (SSSR count). The molecule has 31 heavy (non-hydrogen) atoms. The van der Waals surface area contributed by atoms with Crippen molar-refractivity contribution in [3.63, 3.8) is 0 Å². The van der Waals surface area contributed by atoms with Gasteiger partial charge in [-0.15, -0.1) is 0 Å². The lowest BCUT2D eigenvalue weighted by atomic mass is 9.99. The quantitative estimate of drug-likeness (QED) is 0.528. The number of anilines is 1. The molecule has 2 aromatic carbocycles. The van der Waals surface area contributed by atoms with Crippen LogP contribution in [0.15, 0.2) is 67.0 Å². The first-order valence-corrected chi connectivity index (χ1v) is 11.5. The topological polar surface area (TPSA) is 19.4 Å². The highest BCUT2D eigenvalue weighted by atomic mass is 19.1. The van der Waals surface area contributed by atoms with Gasteiger partial charge in [-0.25, -0.2) is 4.39 Å². The summed E-state index contributed by atoms with van der Waals surface area (Å²) in [7, 11) is 0. The van der Waals surface area contributed by atoms with E-state index in [1.165, 1.54) is 43.7 Å². The minimum atomic E-state index is -0.180. The van der Waals surface area contributed by atoms with E-state index in [0.29, 0.717) is 0 Å². The number of rotatable bonds is 7. The molecule has 0 unspecified atom stereocenters. The van der Waals surface area contributed by atoms with Crippen molar-refractivity contribution in [1.29, 1.82) is 0 Å². The molecule has 0 bridgehead atoms. The van der Waals surface area contributed by atoms with E-state index in [0.717, 1.165) is 48.5 Å². The van der Waals surface area contributed by atoms with Crippen molar-refractivity contribution in [2.75, 3.05) is 37.6 Å². The zero-order valence-electron chi connectivity index (χ0n) is 18.0. The third kappa shape index (κ3) is 5.31. The van der Waals surface area contributed by atoms with Crippen LogP contribution >= 0.6 is 0 Å². The Hall–Kier alpha value is -2.72. The van der Waals surface area contributed by atoms with E-state index in [4.69, 9.17) is 0 Å². The summed E-state index contributed by atoms with van der Waals surface area (Å²) in [5.74, 6) is 0.796. The van der Waals surface area contributed by atoms with Gasteiger partial charge in [0.2, 0.25) is 0 Å². The van der Waals surface area contributed by atoms with Gasteiger partial charge < -0.3 is 4.90 Å². The Morgan fingerprint density at radius 3 is 2.19 bits per heavy atom. The summed E-state index contributed by atoms with van der Waals surface area (Å²) in [5.41, 5.74) is 5.56. The Morgan fingerprint density at radius 2 is 1.48 bits per heavy atom. The van der Waals surface area contributed by atoms with Gasteiger partial charge in [0.15, 0.2) is 0 Å². The molecule has 2 aliphatic rings. The summed E-state index contributed by atoms with van der Waals surface area (Å²) >= 11 is 0. The number of aryl methyl sites for hydroxylation is 2. The third-order valence-electron chi connectivity index (χ3n) is 6.56. The van der Waals surface area contributed by atoms with Gasteiger partial charge in [0.25, 0.3) is 0 Å². The van der Waals surface area contributed by atoms with E-state index >= 15 is 0 Å². The van der Waals surface area contributed by atoms with Gasteiger partial charge in [0, 0.05) is 50.8 Å². The predicted molar refractivity (Wildman–Crippen MR) is 125 cm³/mol. The van der Waals surface area contributed by atoms with Crippen LogP contribution in [-0.2, 0) is 12.8 Å². The van der Waals surface area contributed by atoms with Crippen LogP contribution in [0.1, 0.15) is 24.0 Å². The largest absolute Gasteiger partial charge is 0.369 e. The second kappa shape index (κ2) is 9.19. The normalized spacial score (nSPS) is 17.1. The Morgan fingerprint density at radius 1 is 0.774 bits per heavy atom. The van der Waals surface area contributed by atoms with Crippen molar-refractivity contribution in [3.8, 4) is 11.1 Å². The van der Waals surface area contributed by atoms with E-state index in [9.17, 15) is 4.39 Å². The summed E-state index contributed by atoms with van der Waals surface area (Å²) in [4.78, 5) is 9.18. The zero-order valence-corrected chi connectivity index (χ0v) is 18.0. The summed E-state index contributed by atoms with van der Waals surface area (Å²) in [6.45, 7) is 5.89. The maximum absolute atomic E-state index is 14.2. The van der Waals surface area contributed by atoms with Crippen LogP contribution in [0.4, 0.5) is 10.1 Å². The van der Waals surface area contributed by atoms with Crippen molar-refractivity contribution in [2.24, 2.45) is 5.92 Å². The molecule has 3 aromatic rings. The minimum absolute atomic E-state index is 0.180. The number of pyridine rings is 1. The van der Waals surface area contributed by atoms with Gasteiger partial charge in [-0.2, -0.15) is 0 Å². The Balaban J connectivity index is 1.17. The van der Waals surface area contributed by atoms with Crippen molar-refractivity contribution in [1.82, 2.24) is 9.88 Å². The lowest BCUT2D eigenvalue weighted by Gasteiger charge is -2.36. The summed E-state index contributed by atoms with van der Waals surface area (Å²) in [6, 6.07) is 18.1. The van der Waals surface area contributed by atoms with Gasteiger partial charge in [-0.05, 0) is 90.3 Å². The molecule has 0 atom stereocenters. The summed E-state index contributed by atoms with van der Waals surface area (Å²) < 4.78 is 14.2. The van der Waals surface area contributed by atoms with Gasteiger partial charge >= 0.3 is 0 Å². The van der Waals surface area contributed by atoms with Crippen LogP contribution in [0.2, 0.25) is 0 Å². The number of hydrogen-bond donors (Lipinski definition) is 0. The maximum Gasteiger partial charge on any atom is 0.124 e. The highest BCUT2D eigenvalue weighted by molar-refractivity contribution is 5.63. The first kappa shape index (κ1) is 20.2. The zero-order chi connectivity index (χ0) is 21.0. The molecular formula is C27H30FN3. The molecule has 0 amide bonds. The average Bonchev–Trinajstić information content (AvgIpc) is 3.63. The van der Waals surface area contributed by atoms with Crippen molar-refractivity contribution in [2.45, 2.75) is 25.7 Å². The molecular weight excluding hydrogens is 385 g/mol. The fourth-order valence-corrected chi connectivity index (χ4v) is 4.52. The second-order valence-corrected chi connectivity index (χ2v) is 8.98. The summed E-state index contributed by atoms with van der Waals surface area (Å²) in [6.07, 6.45) is 8.09. The highest BCUT2D eigenvalue weighted by Crippen LogP contribution is 2.30. The molecule has 160 valence electrons. The molecule has 0 radical (unpaired) electrons. The van der Waals surface area contributed by atoms with E-state index in [1.54, 1.807) is 24.5 Å². The van der Waals surface area contributed by atoms with Crippen LogP contribution in [0.25, 0.3) is 11.1 Å². The number of nitrogens with zero attached hydrogens (tertiary/aromatic N) is 3. The Bertz CT molecular complexity index is 991. The Labute approximate surface area is 184 Å². The fourth-order valence-electron chi connectivity index (χ4n) is 4.52. The van der Waals surface area contributed by atoms with E-state index in [-0.39, 0.29) is 5.82 Å². The summed E-state index contributed by atoms with van der Waals surface area (Å²) in [5, 5.41) is 0. The Kier molecular flexibility index (Phi) is 5.99. The fraction of sp³-hybridized carbons (Fsp3) is 0.370. The smallest absolute Gasteiger partial charge is 0.124 e. The first-order chi connectivity index (χ1) is 15.2. The minimum Gasteiger partial charge on any atom is -0.369 e. The third-order valence-corrected chi connectivity index (χ3v) is 6.56. The highest BCUT2D eigenvalue weighted by Gasteiger charge is 2.26. The lowest BCUT2D eigenvalue weighted by molar-refractivity contribution is 0.248. The molecule has 2 heterocycles. The van der Waals surface area contributed by atoms with Gasteiger partial charge in [0.1, 0.15) is 5.82 Å². The van der Waals surface area contributed by atoms with Gasteiger partial charge in [-0.1, -0.05) is 18.2 Å². The molecule has 0 N–H and O–H groups in total. The van der Waals surface area contributed by atoms with E-state index in [1.807, 2.05) is 12.1 Å². The van der Waals surface area contributed by atoms with Crippen molar-refractivity contribution in [3.05, 3.63) is 83.9 Å². The van der Waals surface area contributed by atoms with Gasteiger partial charge in [0.05, 0.1) is 0 Å². The molecule has 1 aliphatic carbocycles. The molecule has 2 fully saturated rings. The maximum atomic E-state index is 14.2. The van der Waals surface area contributed by atoms with Gasteiger partial charge in [-0.3, -0.25) is 9.88 Å². The lowest BCUT2D eigenvalue weighted by Crippen LogP contribution is -2.47. The molecule has 1 saturated carbocycles. The molecule has 4 heteroatoms. The standard InChI is InChI=1S/C27H30FN3/c28-26-18-23(17-25(19-26)24-9-11-29-12-10-24)4-1-21-5-7-27(8-6-21)31-15-13-30(14-16-31)20-22-2-3-22/h5-12,17-19,22H,1-4,13-16,20H2. The molecule has 1 saturated heterocycles. The first-order valence-electron chi connectivity index (χ1n) is 11.5. The monoisotopic (exact) mass is 415 g/mol. The number of piperazine rings is 1. The molecule has 0 spiro atoms. The predicted octanol–water partition coefficient (Wildman–Crippen LogP) is 5.20. The number of halogens is 1. The van der Waals surface area contributed by atoms with Crippen LogP contribution in [-0.4, -0.2) is 42.6 Å². The van der Waals surface area contributed by atoms with E-state index < -0.39 is 0 Å². The average molecular weight is 416 g/mol. The van der Waals surface area contributed by atoms with Crippen LogP contribution < -0.4 is 4.90 Å². The number of aromatic nitrogens is 1. The number of hydrogen-bond acceptors (Lipinski definition) is 3. The van der Waals surface area contributed by atoms with Crippen molar-refractivity contribution < 1.29 is 4.39 Å².